The maximum atomic E-state index is 12.4. The van der Waals surface area contributed by atoms with E-state index in [9.17, 15) is 22.8 Å². The number of carboxylic acid groups (broad SMARTS) is 1. The molecule has 0 saturated heterocycles. The first-order valence-corrected chi connectivity index (χ1v) is 7.32. The van der Waals surface area contributed by atoms with Crippen LogP contribution >= 0.6 is 0 Å². The molecule has 0 fully saturated rings. The Hall–Kier alpha value is -2.84. The minimum atomic E-state index is -4.43. The summed E-state index contributed by atoms with van der Waals surface area (Å²) in [5, 5.41) is 15.1. The molecular formula is C16H16F3N3O3. The van der Waals surface area contributed by atoms with Gasteiger partial charge in [0.25, 0.3) is 5.91 Å². The second kappa shape index (κ2) is 6.96. The van der Waals surface area contributed by atoms with Crippen LogP contribution < -0.4 is 5.32 Å². The van der Waals surface area contributed by atoms with E-state index in [4.69, 9.17) is 5.11 Å². The van der Waals surface area contributed by atoms with Crippen LogP contribution in [0.1, 0.15) is 44.9 Å². The molecule has 0 aliphatic carbocycles. The summed E-state index contributed by atoms with van der Waals surface area (Å²) in [5.74, 6) is -1.61. The Labute approximate surface area is 141 Å². The predicted molar refractivity (Wildman–Crippen MR) is 82.3 cm³/mol. The van der Waals surface area contributed by atoms with Crippen LogP contribution in [-0.2, 0) is 6.54 Å². The van der Waals surface area contributed by atoms with Crippen molar-refractivity contribution in [2.45, 2.75) is 32.6 Å². The number of carbonyl (C=O) groups excluding carboxylic acids is 1. The van der Waals surface area contributed by atoms with Crippen molar-refractivity contribution in [1.82, 2.24) is 15.1 Å². The summed E-state index contributed by atoms with van der Waals surface area (Å²) in [4.78, 5) is 23.1. The first-order chi connectivity index (χ1) is 11.6. The van der Waals surface area contributed by atoms with Crippen molar-refractivity contribution in [3.63, 3.8) is 0 Å². The number of alkyl halides is 3. The largest absolute Gasteiger partial charge is 0.478 e. The van der Waals surface area contributed by atoms with Crippen LogP contribution in [0.25, 0.3) is 0 Å². The van der Waals surface area contributed by atoms with Gasteiger partial charge in [0.05, 0.1) is 23.4 Å². The Bertz CT molecular complexity index is 782. The van der Waals surface area contributed by atoms with Gasteiger partial charge in [-0.15, -0.1) is 0 Å². The van der Waals surface area contributed by atoms with Gasteiger partial charge in [-0.05, 0) is 31.5 Å². The van der Waals surface area contributed by atoms with Crippen molar-refractivity contribution < 1.29 is 27.9 Å². The number of nitrogens with one attached hydrogen (secondary N) is 1. The fourth-order valence-corrected chi connectivity index (χ4v) is 2.27. The van der Waals surface area contributed by atoms with Crippen LogP contribution in [0, 0.1) is 6.92 Å². The number of carbonyl (C=O) groups is 2. The number of rotatable bonds is 5. The molecule has 0 radical (unpaired) electrons. The summed E-state index contributed by atoms with van der Waals surface area (Å²) in [7, 11) is 0. The lowest BCUT2D eigenvalue weighted by Crippen LogP contribution is -2.27. The van der Waals surface area contributed by atoms with Crippen LogP contribution in [0.2, 0.25) is 0 Å². The molecule has 2 N–H and O–H groups in total. The molecule has 2 rings (SSSR count). The van der Waals surface area contributed by atoms with E-state index in [0.29, 0.717) is 5.56 Å². The number of carboxylic acids is 1. The standard InChI is InChI=1S/C16H16F3N3O3/c1-9(11-3-5-12(6-4-11)15(24)25)21-14(23)13-7-20-22(10(13)2)8-16(17,18)19/h3-7,9H,8H2,1-2H3,(H,21,23)(H,24,25)/t9-/m0/s1. The molecule has 0 spiro atoms. The van der Waals surface area contributed by atoms with Crippen molar-refractivity contribution >= 4 is 11.9 Å². The zero-order valence-corrected chi connectivity index (χ0v) is 13.5. The summed E-state index contributed by atoms with van der Waals surface area (Å²) < 4.78 is 38.1. The monoisotopic (exact) mass is 355 g/mol. The molecule has 0 aliphatic heterocycles. The van der Waals surface area contributed by atoms with Gasteiger partial charge in [0.15, 0.2) is 0 Å². The first kappa shape index (κ1) is 18.5. The number of aromatic carboxylic acids is 1. The third kappa shape index (κ3) is 4.59. The van der Waals surface area contributed by atoms with Crippen LogP contribution in [0.15, 0.2) is 30.5 Å². The average Bonchev–Trinajstić information content (AvgIpc) is 2.86. The van der Waals surface area contributed by atoms with E-state index >= 15 is 0 Å². The molecule has 0 bridgehead atoms. The molecule has 1 atom stereocenters. The molecule has 0 aliphatic rings. The number of benzene rings is 1. The molecule has 2 aromatic rings. The quantitative estimate of drug-likeness (QED) is 0.864. The van der Waals surface area contributed by atoms with Gasteiger partial charge in [-0.1, -0.05) is 12.1 Å². The highest BCUT2D eigenvalue weighted by atomic mass is 19.4. The number of halogens is 3. The smallest absolute Gasteiger partial charge is 0.408 e. The van der Waals surface area contributed by atoms with Crippen molar-refractivity contribution in [3.05, 3.63) is 52.8 Å². The van der Waals surface area contributed by atoms with E-state index in [2.05, 4.69) is 10.4 Å². The third-order valence-corrected chi connectivity index (χ3v) is 3.68. The molecule has 0 saturated carbocycles. The van der Waals surface area contributed by atoms with E-state index in [0.717, 1.165) is 10.9 Å². The molecule has 134 valence electrons. The molecule has 0 unspecified atom stereocenters. The Morgan fingerprint density at radius 3 is 2.40 bits per heavy atom. The molecule has 1 amide bonds. The van der Waals surface area contributed by atoms with Gasteiger partial charge < -0.3 is 10.4 Å². The normalized spacial score (nSPS) is 12.7. The summed E-state index contributed by atoms with van der Waals surface area (Å²) in [6.45, 7) is 1.81. The fourth-order valence-electron chi connectivity index (χ4n) is 2.27. The van der Waals surface area contributed by atoms with Gasteiger partial charge in [0, 0.05) is 5.69 Å². The lowest BCUT2D eigenvalue weighted by atomic mass is 10.1. The van der Waals surface area contributed by atoms with Crippen LogP contribution in [0.5, 0.6) is 0 Å². The second-order valence-corrected chi connectivity index (χ2v) is 5.54. The Morgan fingerprint density at radius 2 is 1.88 bits per heavy atom. The number of aromatic nitrogens is 2. The molecule has 1 aromatic heterocycles. The Morgan fingerprint density at radius 1 is 1.28 bits per heavy atom. The van der Waals surface area contributed by atoms with Gasteiger partial charge in [-0.25, -0.2) is 4.79 Å². The number of hydrogen-bond donors (Lipinski definition) is 2. The summed E-state index contributed by atoms with van der Waals surface area (Å²) >= 11 is 0. The van der Waals surface area contributed by atoms with Crippen LogP contribution in [0.3, 0.4) is 0 Å². The maximum Gasteiger partial charge on any atom is 0.408 e. The molecule has 25 heavy (non-hydrogen) atoms. The van der Waals surface area contributed by atoms with Gasteiger partial charge in [-0.3, -0.25) is 9.48 Å². The highest BCUT2D eigenvalue weighted by molar-refractivity contribution is 5.95. The third-order valence-electron chi connectivity index (χ3n) is 3.68. The van der Waals surface area contributed by atoms with E-state index in [-0.39, 0.29) is 16.8 Å². The van der Waals surface area contributed by atoms with Gasteiger partial charge in [0.1, 0.15) is 6.54 Å². The minimum absolute atomic E-state index is 0.0539. The Kier molecular flexibility index (Phi) is 5.15. The van der Waals surface area contributed by atoms with Crippen molar-refractivity contribution in [1.29, 1.82) is 0 Å². The first-order valence-electron chi connectivity index (χ1n) is 7.32. The summed E-state index contributed by atoms with van der Waals surface area (Å²) in [5.41, 5.74) is 0.951. The molecule has 1 aromatic carbocycles. The molecular weight excluding hydrogens is 339 g/mol. The van der Waals surface area contributed by atoms with Gasteiger partial charge in [0.2, 0.25) is 0 Å². The van der Waals surface area contributed by atoms with E-state index in [1.165, 1.54) is 19.1 Å². The van der Waals surface area contributed by atoms with Crippen LogP contribution in [-0.4, -0.2) is 32.9 Å². The number of amides is 1. The van der Waals surface area contributed by atoms with Gasteiger partial charge in [-0.2, -0.15) is 18.3 Å². The van der Waals surface area contributed by atoms with Crippen molar-refractivity contribution in [2.75, 3.05) is 0 Å². The zero-order chi connectivity index (χ0) is 18.8. The lowest BCUT2D eigenvalue weighted by molar-refractivity contribution is -0.142. The van der Waals surface area contributed by atoms with Crippen molar-refractivity contribution in [3.8, 4) is 0 Å². The fraction of sp³-hybridized carbons (Fsp3) is 0.312. The summed E-state index contributed by atoms with van der Waals surface area (Å²) in [6, 6.07) is 5.49. The van der Waals surface area contributed by atoms with E-state index < -0.39 is 30.6 Å². The minimum Gasteiger partial charge on any atom is -0.478 e. The second-order valence-electron chi connectivity index (χ2n) is 5.54. The molecule has 9 heteroatoms. The topological polar surface area (TPSA) is 84.2 Å². The Balaban J connectivity index is 2.10. The summed E-state index contributed by atoms with van der Waals surface area (Å²) in [6.07, 6.45) is -3.33. The van der Waals surface area contributed by atoms with E-state index in [1.807, 2.05) is 0 Å². The SMILES string of the molecule is Cc1c(C(=O)N[C@@H](C)c2ccc(C(=O)O)cc2)cnn1CC(F)(F)F. The van der Waals surface area contributed by atoms with E-state index in [1.54, 1.807) is 19.1 Å². The predicted octanol–water partition coefficient (Wildman–Crippen LogP) is 2.94. The highest BCUT2D eigenvalue weighted by Crippen LogP contribution is 2.20. The maximum absolute atomic E-state index is 12.4. The molecule has 6 nitrogen and oxygen atoms in total. The van der Waals surface area contributed by atoms with Crippen LogP contribution in [0.4, 0.5) is 13.2 Å². The zero-order valence-electron chi connectivity index (χ0n) is 13.5. The highest BCUT2D eigenvalue weighted by Gasteiger charge is 2.30. The lowest BCUT2D eigenvalue weighted by Gasteiger charge is -2.14. The van der Waals surface area contributed by atoms with Crippen molar-refractivity contribution in [2.24, 2.45) is 0 Å². The number of nitrogens with zero attached hydrogens (tertiary/aromatic N) is 2. The average molecular weight is 355 g/mol. The van der Waals surface area contributed by atoms with Gasteiger partial charge >= 0.3 is 12.1 Å². The number of hydrogen-bond acceptors (Lipinski definition) is 3. The molecule has 1 heterocycles.